The van der Waals surface area contributed by atoms with Crippen LogP contribution in [0.25, 0.3) is 0 Å². The van der Waals surface area contributed by atoms with E-state index >= 15 is 38.4 Å². The quantitative estimate of drug-likeness (QED) is 0.0862. The molecule has 8 amide bonds. The largest absolute Gasteiger partial charge is 0.273 e. The number of hydrogen-bond acceptors (Lipinski definition) is 8. The van der Waals surface area contributed by atoms with Gasteiger partial charge in [-0.3, -0.25) is 77.6 Å². The van der Waals surface area contributed by atoms with E-state index in [0.717, 1.165) is 134 Å². The van der Waals surface area contributed by atoms with Gasteiger partial charge in [0, 0.05) is 27.9 Å². The average Bonchev–Trinajstić information content (AvgIpc) is 0.687. The molecule has 8 aromatic rings. The lowest BCUT2D eigenvalue weighted by atomic mass is 9.86. The maximum absolute atomic E-state index is 16.9. The number of carbonyl (C=O) groups excluding carboxylic acids is 8. The normalized spacial score (nSPS) is 20.1. The first kappa shape index (κ1) is 89.7. The molecular formula is C96H112N8O8P8. The fourth-order valence-corrected chi connectivity index (χ4v) is 112. The number of nitrogens with zero attached hydrogens (tertiary/aromatic N) is 8. The van der Waals surface area contributed by atoms with E-state index < -0.39 is 96.9 Å². The van der Waals surface area contributed by atoms with Crippen LogP contribution in [0, 0.1) is 188 Å². The van der Waals surface area contributed by atoms with Gasteiger partial charge in [-0.05, 0) is 342 Å². The Kier molecular flexibility index (Phi) is 24.1. The smallest absolute Gasteiger partial charge is 0.248 e. The van der Waals surface area contributed by atoms with Gasteiger partial charge in [0.2, 0.25) is 47.3 Å². The van der Waals surface area contributed by atoms with Gasteiger partial charge in [-0.25, -0.2) is 0 Å². The van der Waals surface area contributed by atoms with E-state index in [1.807, 2.05) is 205 Å². The highest BCUT2D eigenvalue weighted by atomic mass is 33.4. The third-order valence-electron chi connectivity index (χ3n) is 23.7. The highest BCUT2D eigenvalue weighted by Crippen LogP contribution is 3.31. The van der Waals surface area contributed by atoms with Gasteiger partial charge < -0.3 is 0 Å². The summed E-state index contributed by atoms with van der Waals surface area (Å²) in [5.74, 6) is -3.44. The topological polar surface area (TPSA) is 162 Å². The highest BCUT2D eigenvalue weighted by Gasteiger charge is 2.62. The van der Waals surface area contributed by atoms with Crippen LogP contribution in [0.15, 0.2) is 97.1 Å². The second-order valence-corrected chi connectivity index (χ2v) is 69.0. The molecule has 0 saturated carbocycles. The zero-order chi connectivity index (χ0) is 88.5. The lowest BCUT2D eigenvalue weighted by Crippen LogP contribution is -2.64. The van der Waals surface area contributed by atoms with E-state index in [2.05, 4.69) is 97.1 Å². The second kappa shape index (κ2) is 32.2. The summed E-state index contributed by atoms with van der Waals surface area (Å²) in [5.41, 5.74) is 20.7. The molecule has 16 nitrogen and oxygen atoms in total. The summed E-state index contributed by atoms with van der Waals surface area (Å²) < 4.78 is 0. The van der Waals surface area contributed by atoms with Crippen LogP contribution in [0.2, 0.25) is 0 Å². The van der Waals surface area contributed by atoms with Crippen molar-refractivity contribution in [2.75, 3.05) is 39.2 Å². The Bertz CT molecular complexity index is 4810. The summed E-state index contributed by atoms with van der Waals surface area (Å²) in [6.07, 6.45) is 0. The minimum Gasteiger partial charge on any atom is -0.273 e. The summed E-state index contributed by atoms with van der Waals surface area (Å²) >= 11 is 0. The van der Waals surface area contributed by atoms with Crippen molar-refractivity contribution in [3.05, 3.63) is 231 Å². The van der Waals surface area contributed by atoms with Crippen molar-refractivity contribution in [1.29, 1.82) is 0 Å². The summed E-state index contributed by atoms with van der Waals surface area (Å²) in [6, 6.07) is 33.2. The molecule has 0 atom stereocenters. The van der Waals surface area contributed by atoms with Crippen molar-refractivity contribution in [1.82, 2.24) is 0 Å². The van der Waals surface area contributed by atoms with Crippen molar-refractivity contribution in [3.63, 3.8) is 0 Å². The van der Waals surface area contributed by atoms with Crippen molar-refractivity contribution in [2.45, 2.75) is 222 Å². The van der Waals surface area contributed by atoms with Crippen molar-refractivity contribution in [3.8, 4) is 0 Å². The predicted octanol–water partition coefficient (Wildman–Crippen LogP) is 25.2. The SMILES string of the molecule is Cc1cc(C)c(N2C(=O)C(C)(C)C(=O)N(c3c(C)cc(C)cc3C)C2=PP2P(P=C3N(c4c(C)cc(C)cc4C)C(=O)C(C)(C)C(=O)N3c3c(C)cc(C)cc3C)P(P=C3N(c4c(C)cc(C)cc4C)C(=O)C(C)(C)C(=O)N3c3c(C)cc(C)cc3C)P2P=C2N(c3c(C)cc(C)cc3C)C(=O)C(C)(C)C(=O)N2c2c(C)cc(C)cc2C)c(C)c1. The summed E-state index contributed by atoms with van der Waals surface area (Å²) in [7, 11) is 2.15. The van der Waals surface area contributed by atoms with Gasteiger partial charge >= 0.3 is 0 Å². The van der Waals surface area contributed by atoms with Gasteiger partial charge in [0.05, 0.1) is 45.5 Å². The van der Waals surface area contributed by atoms with Crippen LogP contribution in [-0.4, -0.2) is 69.4 Å². The van der Waals surface area contributed by atoms with E-state index in [0.29, 0.717) is 99.2 Å². The Morgan fingerprint density at radius 3 is 0.342 bits per heavy atom. The van der Waals surface area contributed by atoms with Crippen molar-refractivity contribution < 1.29 is 38.4 Å². The molecule has 13 rings (SSSR count). The monoisotopic (exact) mass is 1750 g/mol. The van der Waals surface area contributed by atoms with Crippen LogP contribution in [0.5, 0.6) is 0 Å². The van der Waals surface area contributed by atoms with E-state index in [1.54, 1.807) is 55.4 Å². The molecule has 0 unspecified atom stereocenters. The summed E-state index contributed by atoms with van der Waals surface area (Å²) in [5, 5.41) is 0. The van der Waals surface area contributed by atoms with Crippen LogP contribution in [0.1, 0.15) is 189 Å². The zero-order valence-corrected chi connectivity index (χ0v) is 82.8. The lowest BCUT2D eigenvalue weighted by molar-refractivity contribution is -0.139. The Hall–Kier alpha value is -8.08. The summed E-state index contributed by atoms with van der Waals surface area (Å²) in [4.78, 5) is 150. The minimum atomic E-state index is -1.91. The van der Waals surface area contributed by atoms with E-state index in [9.17, 15) is 0 Å². The van der Waals surface area contributed by atoms with Gasteiger partial charge in [0.25, 0.3) is 0 Å². The number of hydrogen-bond donors (Lipinski definition) is 0. The first-order valence-electron chi connectivity index (χ1n) is 40.7. The Morgan fingerprint density at radius 1 is 0.175 bits per heavy atom. The molecule has 0 radical (unpaired) electrons. The van der Waals surface area contributed by atoms with Gasteiger partial charge in [-0.1, -0.05) is 142 Å². The number of anilines is 8. The molecule has 624 valence electrons. The average molecular weight is 1750 g/mol. The summed E-state index contributed by atoms with van der Waals surface area (Å²) in [6.45, 7) is 54.6. The number of carbonyl (C=O) groups is 8. The first-order chi connectivity index (χ1) is 55.8. The Labute approximate surface area is 721 Å². The predicted molar refractivity (Wildman–Crippen MR) is 516 cm³/mol. The van der Waals surface area contributed by atoms with Crippen LogP contribution >= 0.6 is 59.5 Å². The van der Waals surface area contributed by atoms with E-state index in [4.69, 9.17) is 0 Å². The van der Waals surface area contributed by atoms with Crippen LogP contribution in [0.4, 0.5) is 45.5 Å². The highest BCUT2D eigenvalue weighted by molar-refractivity contribution is 9.36. The third kappa shape index (κ3) is 14.9. The molecule has 0 aliphatic carbocycles. The van der Waals surface area contributed by atoms with E-state index in [-0.39, 0.29) is 0 Å². The minimum absolute atomic E-state index is 0.395. The first-order valence-corrected chi connectivity index (χ1v) is 55.3. The molecule has 5 heterocycles. The fraction of sp³-hybridized carbons (Fsp3) is 0.375. The van der Waals surface area contributed by atoms with Crippen molar-refractivity contribution in [2.24, 2.45) is 21.7 Å². The molecule has 5 aliphatic rings. The van der Waals surface area contributed by atoms with Crippen LogP contribution < -0.4 is 39.2 Å². The fourth-order valence-electron chi connectivity index (χ4n) is 18.8. The molecule has 5 saturated heterocycles. The molecule has 0 bridgehead atoms. The molecule has 0 spiro atoms. The van der Waals surface area contributed by atoms with Crippen LogP contribution in [-0.2, 0) is 38.4 Å². The molecule has 120 heavy (non-hydrogen) atoms. The van der Waals surface area contributed by atoms with Gasteiger partial charge in [-0.15, -0.1) is 0 Å². The molecular weight excluding hydrogens is 1640 g/mol. The van der Waals surface area contributed by atoms with Gasteiger partial charge in [-0.2, -0.15) is 0 Å². The zero-order valence-electron chi connectivity index (χ0n) is 75.7. The number of aryl methyl sites for hydroxylation is 24. The van der Waals surface area contributed by atoms with Gasteiger partial charge in [0.15, 0.2) is 22.2 Å². The third-order valence-corrected chi connectivity index (χ3v) is 88.7. The molecule has 5 aliphatic heterocycles. The van der Waals surface area contributed by atoms with Crippen LogP contribution in [0.3, 0.4) is 0 Å². The number of rotatable bonds is 12. The Balaban J connectivity index is 1.33. The Morgan fingerprint density at radius 2 is 0.258 bits per heavy atom. The maximum Gasteiger partial charge on any atom is 0.248 e. The van der Waals surface area contributed by atoms with Gasteiger partial charge in [0.1, 0.15) is 21.7 Å². The molecule has 24 heteroatoms. The molecule has 8 aromatic carbocycles. The van der Waals surface area contributed by atoms with E-state index in [1.165, 1.54) is 0 Å². The maximum atomic E-state index is 16.9. The molecule has 0 N–H and O–H groups in total. The molecule has 5 fully saturated rings. The van der Waals surface area contributed by atoms with Crippen molar-refractivity contribution >= 4 is 174 Å². The second-order valence-electron chi connectivity index (χ2n) is 36.3. The standard InChI is InChI=1S/C96H112N8O8P8/c1-49-33-57(9)73(58(10)34-49)97-81(105)93(25,26)82(106)98(74-59(11)35-50(2)36-60(74)12)89(97)113-117-118(114-90-99(75-61(13)37-51(3)38-62(75)14)83(107)94(27,28)84(108)100(90)76-63(15)39-52(4)40-64(76)16)120(116-92-103(79-69(21)45-55(7)46-70(79)22)87(111)96(31,32)88(112)104(92)80-71(23)47-56(8)48-72(80)24)119(117)115-91-101(77-65(17)41-53(5)42-66(77)18)85(109)95(29,30)86(110)102(91)78-67(19)43-54(6)44-68(78)20/h33-48H,1-32H3. The molecule has 0 aromatic heterocycles. The number of benzene rings is 8. The number of amides is 8. The lowest BCUT2D eigenvalue weighted by Gasteiger charge is -2.52.